The summed E-state index contributed by atoms with van der Waals surface area (Å²) in [5.74, 6) is -1.83. The molecular weight excluding hydrogens is 608 g/mol. The van der Waals surface area contributed by atoms with Crippen molar-refractivity contribution >= 4 is 46.6 Å². The minimum atomic E-state index is -1.11. The Morgan fingerprint density at radius 1 is 0.872 bits per heavy atom. The number of nitrogens with zero attached hydrogens (tertiary/aromatic N) is 5. The fraction of sp³-hybridized carbons (Fsp3) is 0.188. The van der Waals surface area contributed by atoms with Crippen LogP contribution in [0.2, 0.25) is 0 Å². The second kappa shape index (κ2) is 14.6. The number of benzene rings is 2. The number of amides is 4. The predicted molar refractivity (Wildman–Crippen MR) is 171 cm³/mol. The molecule has 1 atom stereocenters. The van der Waals surface area contributed by atoms with Crippen LogP contribution >= 0.6 is 0 Å². The summed E-state index contributed by atoms with van der Waals surface area (Å²) in [5.41, 5.74) is 2.19. The minimum absolute atomic E-state index is 0.134. The van der Waals surface area contributed by atoms with Gasteiger partial charge in [0.1, 0.15) is 0 Å². The lowest BCUT2D eigenvalue weighted by molar-refractivity contribution is -0.384. The summed E-state index contributed by atoms with van der Waals surface area (Å²) in [6.07, 6.45) is 5.75. The van der Waals surface area contributed by atoms with Gasteiger partial charge in [-0.15, -0.1) is 0 Å². The largest absolute Gasteiger partial charge is 0.481 e. The first kappa shape index (κ1) is 32.0. The molecule has 15 nitrogen and oxygen atoms in total. The van der Waals surface area contributed by atoms with Gasteiger partial charge >= 0.3 is 12.0 Å². The molecule has 5 rings (SSSR count). The Morgan fingerprint density at radius 2 is 1.57 bits per heavy atom. The first-order valence-corrected chi connectivity index (χ1v) is 14.5. The molecule has 240 valence electrons. The third-order valence-corrected chi connectivity index (χ3v) is 7.43. The van der Waals surface area contributed by atoms with E-state index >= 15 is 0 Å². The number of carboxylic acid groups (broad SMARTS) is 1. The molecule has 1 unspecified atom stereocenters. The molecule has 0 aliphatic carbocycles. The molecule has 0 radical (unpaired) electrons. The number of nitrogens with one attached hydrogen (secondary N) is 3. The van der Waals surface area contributed by atoms with Crippen LogP contribution in [0.4, 0.5) is 27.5 Å². The maximum atomic E-state index is 13.4. The highest BCUT2D eigenvalue weighted by atomic mass is 16.6. The summed E-state index contributed by atoms with van der Waals surface area (Å²) >= 11 is 0. The number of urea groups is 1. The molecule has 0 saturated carbocycles. The Hall–Kier alpha value is -6.38. The van der Waals surface area contributed by atoms with Crippen molar-refractivity contribution in [1.82, 2.24) is 20.2 Å². The van der Waals surface area contributed by atoms with Crippen LogP contribution in [0, 0.1) is 10.1 Å². The maximum Gasteiger partial charge on any atom is 0.323 e. The number of carbonyl (C=O) groups is 4. The molecule has 3 heterocycles. The van der Waals surface area contributed by atoms with Crippen molar-refractivity contribution < 1.29 is 29.2 Å². The molecule has 4 amide bonds. The number of carbonyl (C=O) groups excluding carboxylic acids is 3. The molecular formula is C32H30N8O7. The number of nitro groups is 1. The van der Waals surface area contributed by atoms with Crippen molar-refractivity contribution in [3.8, 4) is 0 Å². The van der Waals surface area contributed by atoms with E-state index in [0.29, 0.717) is 48.7 Å². The lowest BCUT2D eigenvalue weighted by atomic mass is 10.0. The molecule has 1 aliphatic heterocycles. The summed E-state index contributed by atoms with van der Waals surface area (Å²) in [6.45, 7) is 1.65. The molecule has 47 heavy (non-hydrogen) atoms. The third kappa shape index (κ3) is 8.21. The highest BCUT2D eigenvalue weighted by Gasteiger charge is 2.26. The van der Waals surface area contributed by atoms with E-state index in [9.17, 15) is 34.4 Å². The molecule has 4 N–H and O–H groups in total. The smallest absolute Gasteiger partial charge is 0.323 e. The van der Waals surface area contributed by atoms with E-state index in [1.807, 2.05) is 4.90 Å². The average Bonchev–Trinajstić information content (AvgIpc) is 3.08. The van der Waals surface area contributed by atoms with E-state index in [1.165, 1.54) is 48.9 Å². The van der Waals surface area contributed by atoms with Crippen LogP contribution in [0.25, 0.3) is 0 Å². The Labute approximate surface area is 268 Å². The van der Waals surface area contributed by atoms with E-state index in [4.69, 9.17) is 0 Å². The average molecular weight is 639 g/mol. The van der Waals surface area contributed by atoms with Crippen molar-refractivity contribution in [2.45, 2.75) is 12.5 Å². The van der Waals surface area contributed by atoms with Crippen LogP contribution < -0.4 is 20.9 Å². The van der Waals surface area contributed by atoms with Gasteiger partial charge in [0.15, 0.2) is 0 Å². The molecule has 2 aromatic heterocycles. The first-order valence-electron chi connectivity index (χ1n) is 14.5. The van der Waals surface area contributed by atoms with Gasteiger partial charge in [-0.3, -0.25) is 34.5 Å². The lowest BCUT2D eigenvalue weighted by Crippen LogP contribution is -2.49. The van der Waals surface area contributed by atoms with Gasteiger partial charge in [-0.1, -0.05) is 6.07 Å². The fourth-order valence-electron chi connectivity index (χ4n) is 5.08. The van der Waals surface area contributed by atoms with Gasteiger partial charge in [0.2, 0.25) is 0 Å². The second-order valence-corrected chi connectivity index (χ2v) is 10.5. The Kier molecular flexibility index (Phi) is 9.95. The number of nitro benzene ring substituents is 1. The van der Waals surface area contributed by atoms with Crippen LogP contribution in [0.5, 0.6) is 0 Å². The highest BCUT2D eigenvalue weighted by Crippen LogP contribution is 2.30. The Bertz CT molecular complexity index is 1760. The van der Waals surface area contributed by atoms with Crippen LogP contribution in [0.1, 0.15) is 38.7 Å². The molecule has 1 aliphatic rings. The standard InChI is InChI=1S/C32H30N8O7/c41-29(42)18-26(22-3-1-11-33-19-22)36-30(43)21-5-10-28(38-13-15-39(16-14-38)31(44)23-4-2-12-34-20-23)27(17-21)37-32(45)35-24-6-8-25(9-7-24)40(46)47/h1-12,17,19-20,26H,13-16,18H2,(H,36,43)(H,41,42)(H2,35,37,45). The molecule has 15 heteroatoms. The Balaban J connectivity index is 1.37. The van der Waals surface area contributed by atoms with Crippen molar-refractivity contribution in [3.05, 3.63) is 118 Å². The van der Waals surface area contributed by atoms with Gasteiger partial charge in [-0.25, -0.2) is 4.79 Å². The molecule has 0 spiro atoms. The number of carboxylic acids is 1. The zero-order valence-corrected chi connectivity index (χ0v) is 24.9. The van der Waals surface area contributed by atoms with Crippen LogP contribution in [-0.4, -0.2) is 74.9 Å². The number of aromatic nitrogens is 2. The van der Waals surface area contributed by atoms with Gasteiger partial charge < -0.3 is 30.9 Å². The monoisotopic (exact) mass is 638 g/mol. The number of hydrogen-bond acceptors (Lipinski definition) is 9. The third-order valence-electron chi connectivity index (χ3n) is 7.43. The van der Waals surface area contributed by atoms with Gasteiger partial charge in [0.05, 0.1) is 34.3 Å². The van der Waals surface area contributed by atoms with Crippen LogP contribution in [0.3, 0.4) is 0 Å². The minimum Gasteiger partial charge on any atom is -0.481 e. The highest BCUT2D eigenvalue weighted by molar-refractivity contribution is 6.04. The quantitative estimate of drug-likeness (QED) is 0.146. The van der Waals surface area contributed by atoms with E-state index in [1.54, 1.807) is 47.5 Å². The summed E-state index contributed by atoms with van der Waals surface area (Å²) < 4.78 is 0. The van der Waals surface area contributed by atoms with Crippen molar-refractivity contribution in [3.63, 3.8) is 0 Å². The summed E-state index contributed by atoms with van der Waals surface area (Å²) in [5, 5.41) is 28.6. The molecule has 2 aromatic carbocycles. The molecule has 1 fully saturated rings. The number of anilines is 3. The van der Waals surface area contributed by atoms with Gasteiger partial charge in [0, 0.05) is 74.3 Å². The normalized spacial score (nSPS) is 13.3. The Morgan fingerprint density at radius 3 is 2.19 bits per heavy atom. The zero-order chi connectivity index (χ0) is 33.3. The topological polar surface area (TPSA) is 200 Å². The van der Waals surface area contributed by atoms with Crippen molar-refractivity contribution in [1.29, 1.82) is 0 Å². The molecule has 4 aromatic rings. The van der Waals surface area contributed by atoms with Crippen molar-refractivity contribution in [2.24, 2.45) is 0 Å². The van der Waals surface area contributed by atoms with Gasteiger partial charge in [0.25, 0.3) is 17.5 Å². The van der Waals surface area contributed by atoms with Gasteiger partial charge in [-0.2, -0.15) is 0 Å². The number of pyridine rings is 2. The predicted octanol–water partition coefficient (Wildman–Crippen LogP) is 3.94. The number of piperazine rings is 1. The van der Waals surface area contributed by atoms with E-state index in [-0.39, 0.29) is 29.3 Å². The lowest BCUT2D eigenvalue weighted by Gasteiger charge is -2.37. The summed E-state index contributed by atoms with van der Waals surface area (Å²) in [6, 6.07) is 15.2. The first-order chi connectivity index (χ1) is 22.7. The summed E-state index contributed by atoms with van der Waals surface area (Å²) in [4.78, 5) is 73.1. The number of rotatable bonds is 10. The molecule has 1 saturated heterocycles. The van der Waals surface area contributed by atoms with Crippen molar-refractivity contribution in [2.75, 3.05) is 41.7 Å². The molecule has 0 bridgehead atoms. The number of hydrogen-bond donors (Lipinski definition) is 4. The fourth-order valence-corrected chi connectivity index (χ4v) is 5.08. The van der Waals surface area contributed by atoms with Crippen LogP contribution in [0.15, 0.2) is 91.5 Å². The van der Waals surface area contributed by atoms with Crippen LogP contribution in [-0.2, 0) is 4.79 Å². The van der Waals surface area contributed by atoms with E-state index in [0.717, 1.165) is 0 Å². The number of aliphatic carboxylic acids is 1. The second-order valence-electron chi connectivity index (χ2n) is 10.5. The van der Waals surface area contributed by atoms with Gasteiger partial charge in [-0.05, 0) is 54.1 Å². The maximum absolute atomic E-state index is 13.4. The van der Waals surface area contributed by atoms with E-state index in [2.05, 4.69) is 25.9 Å². The number of non-ortho nitro benzene ring substituents is 1. The SMILES string of the molecule is O=C(O)CC(NC(=O)c1ccc(N2CCN(C(=O)c3cccnc3)CC2)c(NC(=O)Nc2ccc([N+](=O)[O-])cc2)c1)c1cccnc1. The van der Waals surface area contributed by atoms with E-state index < -0.39 is 28.9 Å². The zero-order valence-electron chi connectivity index (χ0n) is 24.9. The summed E-state index contributed by atoms with van der Waals surface area (Å²) in [7, 11) is 0.